The van der Waals surface area contributed by atoms with E-state index in [0.717, 1.165) is 36.3 Å². The minimum atomic E-state index is -0.951. The summed E-state index contributed by atoms with van der Waals surface area (Å²) in [4.78, 5) is 17.1. The van der Waals surface area contributed by atoms with Crippen molar-refractivity contribution in [2.24, 2.45) is 0 Å². The topological polar surface area (TPSA) is 74.7 Å². The molecule has 2 amide bonds. The molecular weight excluding hydrogens is 446 g/mol. The first-order chi connectivity index (χ1) is 15.6. The van der Waals surface area contributed by atoms with Crippen molar-refractivity contribution < 1.29 is 14.7 Å². The molecule has 3 rings (SSSR count). The van der Waals surface area contributed by atoms with Gasteiger partial charge >= 0.3 is 6.03 Å². The van der Waals surface area contributed by atoms with Crippen LogP contribution in [-0.4, -0.2) is 27.8 Å². The van der Waals surface area contributed by atoms with Crippen LogP contribution in [0.2, 0.25) is 5.02 Å². The van der Waals surface area contributed by atoms with Gasteiger partial charge in [-0.3, -0.25) is 5.21 Å². The van der Waals surface area contributed by atoms with Crippen LogP contribution in [0.1, 0.15) is 50.1 Å². The van der Waals surface area contributed by atoms with Crippen molar-refractivity contribution in [2.75, 3.05) is 6.54 Å². The fourth-order valence-electron chi connectivity index (χ4n) is 3.12. The Morgan fingerprint density at radius 3 is 2.62 bits per heavy atom. The second-order valence-electron chi connectivity index (χ2n) is 7.36. The van der Waals surface area contributed by atoms with E-state index in [1.54, 1.807) is 0 Å². The summed E-state index contributed by atoms with van der Waals surface area (Å²) in [5, 5.41) is 17.4. The van der Waals surface area contributed by atoms with Gasteiger partial charge in [-0.1, -0.05) is 80.3 Å². The maximum Gasteiger partial charge on any atom is 0.343 e. The van der Waals surface area contributed by atoms with Crippen molar-refractivity contribution in [1.29, 1.82) is 0 Å². The predicted octanol–water partition coefficient (Wildman–Crippen LogP) is 6.66. The zero-order valence-electron chi connectivity index (χ0n) is 18.0. The Kier molecular flexibility index (Phi) is 9.49. The number of nitrogens with zero attached hydrogens (tertiary/aromatic N) is 2. The van der Waals surface area contributed by atoms with Crippen LogP contribution in [0.25, 0.3) is 10.6 Å². The normalized spacial score (nSPS) is 11.8. The van der Waals surface area contributed by atoms with Crippen LogP contribution in [0.4, 0.5) is 4.79 Å². The number of aromatic nitrogens is 1. The van der Waals surface area contributed by atoms with Gasteiger partial charge in [0, 0.05) is 28.1 Å². The third kappa shape index (κ3) is 7.03. The van der Waals surface area contributed by atoms with Crippen molar-refractivity contribution in [3.63, 3.8) is 0 Å². The highest BCUT2D eigenvalue weighted by atomic mass is 35.5. The van der Waals surface area contributed by atoms with E-state index in [-0.39, 0.29) is 6.61 Å². The van der Waals surface area contributed by atoms with Crippen LogP contribution in [0.15, 0.2) is 60.0 Å². The maximum absolute atomic E-state index is 12.5. The number of hydrogen-bond acceptors (Lipinski definition) is 5. The highest BCUT2D eigenvalue weighted by Crippen LogP contribution is 2.27. The molecule has 0 aliphatic carbocycles. The minimum absolute atomic E-state index is 0.143. The summed E-state index contributed by atoms with van der Waals surface area (Å²) in [6.45, 7) is 2.79. The monoisotopic (exact) mass is 473 g/mol. The molecule has 1 heterocycles. The lowest BCUT2D eigenvalue weighted by Crippen LogP contribution is -2.41. The van der Waals surface area contributed by atoms with Gasteiger partial charge < -0.3 is 10.1 Å². The molecule has 170 valence electrons. The number of thiazole rings is 1. The number of urea groups is 1. The summed E-state index contributed by atoms with van der Waals surface area (Å²) in [7, 11) is 0. The van der Waals surface area contributed by atoms with E-state index in [1.165, 1.54) is 11.3 Å². The molecule has 1 aromatic heterocycles. The molecule has 6 nitrogen and oxygen atoms in total. The second kappa shape index (κ2) is 12.6. The van der Waals surface area contributed by atoms with Gasteiger partial charge in [-0.2, -0.15) is 5.06 Å². The number of carbonyl (C=O) groups excluding carboxylic acids is 1. The van der Waals surface area contributed by atoms with Crippen LogP contribution in [0.5, 0.6) is 0 Å². The van der Waals surface area contributed by atoms with Crippen LogP contribution in [0, 0.1) is 0 Å². The van der Waals surface area contributed by atoms with E-state index in [9.17, 15) is 10.0 Å². The third-order valence-electron chi connectivity index (χ3n) is 4.85. The van der Waals surface area contributed by atoms with E-state index in [2.05, 4.69) is 17.2 Å². The molecule has 0 fully saturated rings. The van der Waals surface area contributed by atoms with Gasteiger partial charge in [0.15, 0.2) is 6.23 Å². The predicted molar refractivity (Wildman–Crippen MR) is 128 cm³/mol. The zero-order valence-corrected chi connectivity index (χ0v) is 19.6. The van der Waals surface area contributed by atoms with Gasteiger partial charge in [0.1, 0.15) is 5.01 Å². The number of ether oxygens (including phenoxy) is 1. The number of rotatable bonds is 11. The van der Waals surface area contributed by atoms with Crippen molar-refractivity contribution in [2.45, 2.75) is 45.4 Å². The van der Waals surface area contributed by atoms with E-state index >= 15 is 0 Å². The molecule has 0 spiro atoms. The molecule has 0 aliphatic heterocycles. The quantitative estimate of drug-likeness (QED) is 0.141. The van der Waals surface area contributed by atoms with E-state index in [4.69, 9.17) is 16.3 Å². The number of nitrogens with one attached hydrogen (secondary N) is 1. The largest absolute Gasteiger partial charge is 0.345 e. The van der Waals surface area contributed by atoms with Gasteiger partial charge in [0.2, 0.25) is 0 Å². The van der Waals surface area contributed by atoms with E-state index in [0.29, 0.717) is 27.9 Å². The van der Waals surface area contributed by atoms with Gasteiger partial charge in [0.05, 0.1) is 12.3 Å². The van der Waals surface area contributed by atoms with Crippen LogP contribution < -0.4 is 5.32 Å². The van der Waals surface area contributed by atoms with Crippen molar-refractivity contribution >= 4 is 29.0 Å². The fraction of sp³-hybridized carbons (Fsp3) is 0.333. The van der Waals surface area contributed by atoms with E-state index in [1.807, 2.05) is 60.0 Å². The summed E-state index contributed by atoms with van der Waals surface area (Å²) in [6.07, 6.45) is 3.21. The number of halogens is 1. The maximum atomic E-state index is 12.5. The second-order valence-corrected chi connectivity index (χ2v) is 8.66. The molecule has 0 saturated carbocycles. The third-order valence-corrected chi connectivity index (χ3v) is 6.05. The van der Waals surface area contributed by atoms with Crippen molar-refractivity contribution in [3.05, 3.63) is 76.3 Å². The summed E-state index contributed by atoms with van der Waals surface area (Å²) in [6, 6.07) is 16.1. The molecular formula is C24H28ClN3O3S. The first-order valence-electron chi connectivity index (χ1n) is 10.7. The number of hydroxylamine groups is 2. The molecule has 2 N–H and O–H groups in total. The lowest BCUT2D eigenvalue weighted by atomic mass is 10.2. The number of benzene rings is 2. The number of unbranched alkanes of at least 4 members (excludes halogenated alkanes) is 3. The summed E-state index contributed by atoms with van der Waals surface area (Å²) in [5.74, 6) is 0. The highest BCUT2D eigenvalue weighted by molar-refractivity contribution is 7.13. The molecule has 0 bridgehead atoms. The van der Waals surface area contributed by atoms with Crippen LogP contribution >= 0.6 is 22.9 Å². The summed E-state index contributed by atoms with van der Waals surface area (Å²) >= 11 is 7.46. The molecule has 1 atom stereocenters. The minimum Gasteiger partial charge on any atom is -0.345 e. The number of amides is 2. The average molecular weight is 474 g/mol. The lowest BCUT2D eigenvalue weighted by molar-refractivity contribution is -0.187. The Bertz CT molecular complexity index is 966. The fourth-order valence-corrected chi connectivity index (χ4v) is 4.06. The van der Waals surface area contributed by atoms with Crippen molar-refractivity contribution in [3.8, 4) is 10.6 Å². The Labute approximate surface area is 197 Å². The molecule has 0 saturated heterocycles. The molecule has 0 aliphatic rings. The molecule has 32 heavy (non-hydrogen) atoms. The van der Waals surface area contributed by atoms with Gasteiger partial charge in [-0.25, -0.2) is 9.78 Å². The van der Waals surface area contributed by atoms with Gasteiger partial charge in [0.25, 0.3) is 0 Å². The van der Waals surface area contributed by atoms with Crippen molar-refractivity contribution in [1.82, 2.24) is 15.4 Å². The molecule has 8 heteroatoms. The average Bonchev–Trinajstić information content (AvgIpc) is 3.29. The van der Waals surface area contributed by atoms with E-state index < -0.39 is 12.3 Å². The molecule has 0 radical (unpaired) electrons. The Morgan fingerprint density at radius 2 is 1.91 bits per heavy atom. The number of hydrogen-bond donors (Lipinski definition) is 2. The smallest absolute Gasteiger partial charge is 0.343 e. The van der Waals surface area contributed by atoms with Gasteiger partial charge in [-0.15, -0.1) is 11.3 Å². The Balaban J connectivity index is 1.64. The molecule has 2 aromatic carbocycles. The lowest BCUT2D eigenvalue weighted by Gasteiger charge is -2.26. The highest BCUT2D eigenvalue weighted by Gasteiger charge is 2.25. The Hall–Kier alpha value is -2.45. The summed E-state index contributed by atoms with van der Waals surface area (Å²) in [5.41, 5.74) is 2.36. The van der Waals surface area contributed by atoms with Crippen LogP contribution in [-0.2, 0) is 11.3 Å². The van der Waals surface area contributed by atoms with Gasteiger partial charge in [-0.05, 0) is 18.6 Å². The first-order valence-corrected chi connectivity index (χ1v) is 12.0. The number of carbonyl (C=O) groups is 1. The standard InChI is InChI=1S/C24H28ClN3O3S/c1-2-3-4-8-15-26-24(29)28(30)23(19-9-6-5-7-10-19)31-16-21-17-32-22(27-21)18-11-13-20(25)14-12-18/h5-7,9-14,17,23,30H,2-4,8,15-16H2,1H3,(H,26,29). The SMILES string of the molecule is CCCCCCNC(=O)N(O)C(OCc1csc(-c2ccc(Cl)cc2)n1)c1ccccc1. The molecule has 3 aromatic rings. The Morgan fingerprint density at radius 1 is 1.16 bits per heavy atom. The molecule has 1 unspecified atom stereocenters. The van der Waals surface area contributed by atoms with Crippen LogP contribution in [0.3, 0.4) is 0 Å². The summed E-state index contributed by atoms with van der Waals surface area (Å²) < 4.78 is 5.95. The zero-order chi connectivity index (χ0) is 22.8. The first kappa shape index (κ1) is 24.2.